The van der Waals surface area contributed by atoms with Gasteiger partial charge in [-0.1, -0.05) is 17.7 Å². The lowest BCUT2D eigenvalue weighted by atomic mass is 10.1. The van der Waals surface area contributed by atoms with Gasteiger partial charge in [-0.3, -0.25) is 14.9 Å². The quantitative estimate of drug-likeness (QED) is 0.275. The van der Waals surface area contributed by atoms with Crippen LogP contribution in [-0.4, -0.2) is 10.7 Å². The van der Waals surface area contributed by atoms with Crippen LogP contribution in [0.1, 0.15) is 10.4 Å². The standard InChI is InChI=1S/C15H10ClNO4/c16-12-6-4-11(5-7-12)15(18)8-9-21-14-3-1-2-13(10-14)17(19)20/h1-10H/b9-8+. The molecule has 0 bridgehead atoms. The third-order valence-electron chi connectivity index (χ3n) is 2.58. The second-order valence-electron chi connectivity index (χ2n) is 4.05. The van der Waals surface area contributed by atoms with Gasteiger partial charge in [-0.05, 0) is 30.3 Å². The summed E-state index contributed by atoms with van der Waals surface area (Å²) in [4.78, 5) is 21.9. The van der Waals surface area contributed by atoms with Crippen LogP contribution in [0.25, 0.3) is 0 Å². The molecule has 21 heavy (non-hydrogen) atoms. The number of ether oxygens (including phenoxy) is 1. The van der Waals surface area contributed by atoms with Crippen LogP contribution in [0.4, 0.5) is 5.69 Å². The zero-order valence-corrected chi connectivity index (χ0v) is 11.5. The van der Waals surface area contributed by atoms with Crippen LogP contribution >= 0.6 is 11.6 Å². The summed E-state index contributed by atoms with van der Waals surface area (Å²) < 4.78 is 5.18. The molecule has 0 amide bonds. The maximum Gasteiger partial charge on any atom is 0.273 e. The Hall–Kier alpha value is -2.66. The van der Waals surface area contributed by atoms with Crippen LogP contribution < -0.4 is 4.74 Å². The first-order valence-electron chi connectivity index (χ1n) is 5.94. The van der Waals surface area contributed by atoms with Crippen LogP contribution in [0, 0.1) is 10.1 Å². The van der Waals surface area contributed by atoms with E-state index in [0.29, 0.717) is 10.6 Å². The minimum Gasteiger partial charge on any atom is -0.465 e. The Balaban J connectivity index is 2.02. The van der Waals surface area contributed by atoms with Gasteiger partial charge in [0.25, 0.3) is 5.69 Å². The van der Waals surface area contributed by atoms with E-state index in [-0.39, 0.29) is 17.2 Å². The fourth-order valence-electron chi connectivity index (χ4n) is 1.56. The number of rotatable bonds is 5. The zero-order valence-electron chi connectivity index (χ0n) is 10.7. The molecule has 0 aliphatic carbocycles. The SMILES string of the molecule is O=C(/C=C/Oc1cccc([N+](=O)[O-])c1)c1ccc(Cl)cc1. The number of benzene rings is 2. The number of nitro benzene ring substituents is 1. The number of carbonyl (C=O) groups excluding carboxylic acids is 1. The normalized spacial score (nSPS) is 10.5. The third kappa shape index (κ3) is 4.15. The highest BCUT2D eigenvalue weighted by atomic mass is 35.5. The Kier molecular flexibility index (Phi) is 4.68. The molecule has 2 rings (SSSR count). The smallest absolute Gasteiger partial charge is 0.273 e. The van der Waals surface area contributed by atoms with Crippen molar-refractivity contribution < 1.29 is 14.5 Å². The third-order valence-corrected chi connectivity index (χ3v) is 2.83. The molecule has 0 saturated carbocycles. The summed E-state index contributed by atoms with van der Waals surface area (Å²) in [7, 11) is 0. The molecule has 0 aliphatic rings. The molecule has 106 valence electrons. The molecular formula is C15H10ClNO4. The van der Waals surface area contributed by atoms with Crippen molar-refractivity contribution in [2.75, 3.05) is 0 Å². The molecule has 0 heterocycles. The monoisotopic (exact) mass is 303 g/mol. The van der Waals surface area contributed by atoms with E-state index in [2.05, 4.69) is 0 Å². The van der Waals surface area contributed by atoms with E-state index in [4.69, 9.17) is 16.3 Å². The number of nitro groups is 1. The Bertz CT molecular complexity index is 695. The minimum absolute atomic E-state index is 0.0788. The van der Waals surface area contributed by atoms with Crippen LogP contribution in [0.3, 0.4) is 0 Å². The number of ketones is 1. The molecule has 5 nitrogen and oxygen atoms in total. The highest BCUT2D eigenvalue weighted by Gasteiger charge is 2.06. The number of hydrogen-bond acceptors (Lipinski definition) is 4. The summed E-state index contributed by atoms with van der Waals surface area (Å²) in [6, 6.07) is 12.1. The number of nitrogens with zero attached hydrogens (tertiary/aromatic N) is 1. The van der Waals surface area contributed by atoms with Crippen molar-refractivity contribution in [3.63, 3.8) is 0 Å². The van der Waals surface area contributed by atoms with Crippen LogP contribution in [0.5, 0.6) is 5.75 Å². The van der Waals surface area contributed by atoms with E-state index in [1.807, 2.05) is 0 Å². The molecule has 2 aromatic carbocycles. The topological polar surface area (TPSA) is 69.4 Å². The minimum atomic E-state index is -0.518. The van der Waals surface area contributed by atoms with Gasteiger partial charge in [0.05, 0.1) is 17.3 Å². The summed E-state index contributed by atoms with van der Waals surface area (Å²) in [5.74, 6) is 0.0291. The van der Waals surface area contributed by atoms with E-state index in [9.17, 15) is 14.9 Å². The van der Waals surface area contributed by atoms with Crippen molar-refractivity contribution in [1.29, 1.82) is 0 Å². The van der Waals surface area contributed by atoms with Crippen LogP contribution in [-0.2, 0) is 0 Å². The lowest BCUT2D eigenvalue weighted by molar-refractivity contribution is -0.384. The van der Waals surface area contributed by atoms with Crippen LogP contribution in [0.15, 0.2) is 60.9 Å². The fourth-order valence-corrected chi connectivity index (χ4v) is 1.68. The summed E-state index contributed by atoms with van der Waals surface area (Å²) in [5.41, 5.74) is 0.392. The molecule has 0 aliphatic heterocycles. The van der Waals surface area contributed by atoms with Gasteiger partial charge in [0.15, 0.2) is 5.78 Å². The van der Waals surface area contributed by atoms with Gasteiger partial charge in [-0.15, -0.1) is 0 Å². The molecule has 0 spiro atoms. The maximum atomic E-state index is 11.8. The molecular weight excluding hydrogens is 294 g/mol. The van der Waals surface area contributed by atoms with Gasteiger partial charge >= 0.3 is 0 Å². The van der Waals surface area contributed by atoms with Gasteiger partial charge < -0.3 is 4.74 Å². The number of carbonyl (C=O) groups is 1. The Morgan fingerprint density at radius 1 is 1.19 bits per heavy atom. The number of non-ortho nitro benzene ring substituents is 1. The average Bonchev–Trinajstić information content (AvgIpc) is 2.48. The Morgan fingerprint density at radius 2 is 1.90 bits per heavy atom. The Labute approximate surface area is 125 Å². The lowest BCUT2D eigenvalue weighted by Crippen LogP contribution is -1.95. The van der Waals surface area contributed by atoms with Crippen LogP contribution in [0.2, 0.25) is 5.02 Å². The molecule has 0 saturated heterocycles. The van der Waals surface area contributed by atoms with Crippen molar-refractivity contribution in [2.45, 2.75) is 0 Å². The van der Waals surface area contributed by atoms with Gasteiger partial charge in [0, 0.05) is 22.7 Å². The summed E-state index contributed by atoms with van der Waals surface area (Å²) in [5, 5.41) is 11.2. The largest absolute Gasteiger partial charge is 0.465 e. The predicted octanol–water partition coefficient (Wildman–Crippen LogP) is 4.02. The summed E-state index contributed by atoms with van der Waals surface area (Å²) >= 11 is 5.73. The number of hydrogen-bond donors (Lipinski definition) is 0. The summed E-state index contributed by atoms with van der Waals surface area (Å²) in [6.07, 6.45) is 2.43. The average molecular weight is 304 g/mol. The fraction of sp³-hybridized carbons (Fsp3) is 0. The number of allylic oxidation sites excluding steroid dienone is 1. The highest BCUT2D eigenvalue weighted by molar-refractivity contribution is 6.30. The van der Waals surface area contributed by atoms with Crippen molar-refractivity contribution in [1.82, 2.24) is 0 Å². The molecule has 0 fully saturated rings. The zero-order chi connectivity index (χ0) is 15.2. The van der Waals surface area contributed by atoms with Gasteiger partial charge in [-0.25, -0.2) is 0 Å². The molecule has 0 radical (unpaired) electrons. The second-order valence-corrected chi connectivity index (χ2v) is 4.48. The molecule has 6 heteroatoms. The van der Waals surface area contributed by atoms with E-state index in [0.717, 1.165) is 0 Å². The predicted molar refractivity (Wildman–Crippen MR) is 78.6 cm³/mol. The lowest BCUT2D eigenvalue weighted by Gasteiger charge is -1.99. The maximum absolute atomic E-state index is 11.8. The summed E-state index contributed by atoms with van der Waals surface area (Å²) in [6.45, 7) is 0. The van der Waals surface area contributed by atoms with Crippen molar-refractivity contribution >= 4 is 23.1 Å². The molecule has 2 aromatic rings. The van der Waals surface area contributed by atoms with Gasteiger partial charge in [0.1, 0.15) is 5.75 Å². The van der Waals surface area contributed by atoms with E-state index < -0.39 is 4.92 Å². The molecule has 0 unspecified atom stereocenters. The second kappa shape index (κ2) is 6.67. The van der Waals surface area contributed by atoms with E-state index in [1.165, 1.54) is 30.5 Å². The first-order chi connectivity index (χ1) is 10.1. The van der Waals surface area contributed by atoms with E-state index >= 15 is 0 Å². The van der Waals surface area contributed by atoms with E-state index in [1.54, 1.807) is 30.3 Å². The molecule has 0 aromatic heterocycles. The number of halogens is 1. The van der Waals surface area contributed by atoms with Gasteiger partial charge in [-0.2, -0.15) is 0 Å². The van der Waals surface area contributed by atoms with Crippen molar-refractivity contribution in [2.24, 2.45) is 0 Å². The van der Waals surface area contributed by atoms with Gasteiger partial charge in [0.2, 0.25) is 0 Å². The molecule has 0 atom stereocenters. The highest BCUT2D eigenvalue weighted by Crippen LogP contribution is 2.19. The first-order valence-corrected chi connectivity index (χ1v) is 6.31. The van der Waals surface area contributed by atoms with Crippen molar-refractivity contribution in [3.05, 3.63) is 81.6 Å². The Morgan fingerprint density at radius 3 is 2.57 bits per heavy atom. The molecule has 0 N–H and O–H groups in total. The first kappa shape index (κ1) is 14.7. The van der Waals surface area contributed by atoms with Crippen molar-refractivity contribution in [3.8, 4) is 5.75 Å².